The van der Waals surface area contributed by atoms with Gasteiger partial charge < -0.3 is 14.9 Å². The smallest absolute Gasteiger partial charge is 0.133 e. The highest BCUT2D eigenvalue weighted by atomic mass is 16.5. The predicted molar refractivity (Wildman–Crippen MR) is 84.8 cm³/mol. The molecule has 1 fully saturated rings. The van der Waals surface area contributed by atoms with Gasteiger partial charge in [-0.3, -0.25) is 4.79 Å². The molecule has 118 valence electrons. The summed E-state index contributed by atoms with van der Waals surface area (Å²) < 4.78 is 6.26. The summed E-state index contributed by atoms with van der Waals surface area (Å²) in [5, 5.41) is 19.4. The number of ether oxygens (including phenoxy) is 1. The minimum atomic E-state index is -0.206. The van der Waals surface area contributed by atoms with Crippen LogP contribution in [-0.4, -0.2) is 16.0 Å². The zero-order valence-electron chi connectivity index (χ0n) is 12.8. The number of rotatable bonds is 1. The number of carbonyl (C=O) groups is 1. The molecule has 4 nitrogen and oxygen atoms in total. The van der Waals surface area contributed by atoms with Gasteiger partial charge in [0.1, 0.15) is 29.1 Å². The molecule has 1 aliphatic heterocycles. The summed E-state index contributed by atoms with van der Waals surface area (Å²) in [6, 6.07) is 10.4. The van der Waals surface area contributed by atoms with Gasteiger partial charge in [0.15, 0.2) is 0 Å². The maximum absolute atomic E-state index is 12.1. The molecule has 0 bridgehead atoms. The van der Waals surface area contributed by atoms with Crippen molar-refractivity contribution in [3.05, 3.63) is 53.1 Å². The molecule has 3 atom stereocenters. The number of aryl methyl sites for hydroxylation is 1. The standard InChI is InChI=1S/C19H18O4/c1-10-6-13(21)8-16-15-7-14(22)9-17(15)19(23-18(10)16)11-2-4-12(20)5-3-11/h2-6,8,15,17,19-21H,7,9H2,1H3/t15-,17-,19-/m1/s1. The summed E-state index contributed by atoms with van der Waals surface area (Å²) in [5.41, 5.74) is 2.78. The molecule has 0 aromatic heterocycles. The Kier molecular flexibility index (Phi) is 3.08. The number of hydrogen-bond donors (Lipinski definition) is 2. The van der Waals surface area contributed by atoms with Crippen LogP contribution < -0.4 is 4.74 Å². The second kappa shape index (κ2) is 5.01. The Balaban J connectivity index is 1.83. The lowest BCUT2D eigenvalue weighted by Crippen LogP contribution is -2.27. The van der Waals surface area contributed by atoms with E-state index >= 15 is 0 Å². The molecule has 2 aliphatic rings. The Morgan fingerprint density at radius 1 is 1.04 bits per heavy atom. The molecular weight excluding hydrogens is 292 g/mol. The maximum atomic E-state index is 12.1. The van der Waals surface area contributed by atoms with Crippen LogP contribution in [0, 0.1) is 12.8 Å². The van der Waals surface area contributed by atoms with Crippen molar-refractivity contribution in [2.24, 2.45) is 5.92 Å². The third-order valence-corrected chi connectivity index (χ3v) is 4.97. The molecule has 23 heavy (non-hydrogen) atoms. The molecule has 0 saturated heterocycles. The monoisotopic (exact) mass is 310 g/mol. The Morgan fingerprint density at radius 2 is 1.78 bits per heavy atom. The molecule has 0 spiro atoms. The van der Waals surface area contributed by atoms with E-state index in [9.17, 15) is 15.0 Å². The molecule has 1 saturated carbocycles. The van der Waals surface area contributed by atoms with E-state index in [4.69, 9.17) is 4.74 Å². The van der Waals surface area contributed by atoms with Gasteiger partial charge in [-0.1, -0.05) is 12.1 Å². The van der Waals surface area contributed by atoms with Crippen LogP contribution in [0.2, 0.25) is 0 Å². The van der Waals surface area contributed by atoms with Crippen molar-refractivity contribution in [2.45, 2.75) is 31.8 Å². The number of aromatic hydroxyl groups is 2. The van der Waals surface area contributed by atoms with Crippen LogP contribution in [0.1, 0.15) is 41.6 Å². The third kappa shape index (κ3) is 2.25. The Hall–Kier alpha value is -2.49. The molecule has 2 aromatic rings. The van der Waals surface area contributed by atoms with Crippen LogP contribution in [0.3, 0.4) is 0 Å². The summed E-state index contributed by atoms with van der Waals surface area (Å²) in [6.45, 7) is 1.91. The van der Waals surface area contributed by atoms with E-state index in [2.05, 4.69) is 0 Å². The van der Waals surface area contributed by atoms with Gasteiger partial charge in [0.05, 0.1) is 0 Å². The highest BCUT2D eigenvalue weighted by Crippen LogP contribution is 2.54. The number of ketones is 1. The van der Waals surface area contributed by atoms with Crippen LogP contribution in [0.5, 0.6) is 17.2 Å². The normalized spacial score (nSPS) is 25.6. The molecule has 4 rings (SSSR count). The first kappa shape index (κ1) is 14.1. The van der Waals surface area contributed by atoms with Crippen molar-refractivity contribution in [1.29, 1.82) is 0 Å². The van der Waals surface area contributed by atoms with Crippen molar-refractivity contribution in [3.63, 3.8) is 0 Å². The van der Waals surface area contributed by atoms with E-state index in [1.54, 1.807) is 24.3 Å². The number of benzene rings is 2. The number of phenolic OH excluding ortho intramolecular Hbond substituents is 2. The first-order chi connectivity index (χ1) is 11.0. The minimum Gasteiger partial charge on any atom is -0.508 e. The summed E-state index contributed by atoms with van der Waals surface area (Å²) >= 11 is 0. The van der Waals surface area contributed by atoms with Gasteiger partial charge >= 0.3 is 0 Å². The van der Waals surface area contributed by atoms with Crippen LogP contribution in [0.15, 0.2) is 36.4 Å². The fourth-order valence-electron chi connectivity index (χ4n) is 3.96. The van der Waals surface area contributed by atoms with Gasteiger partial charge in [0.25, 0.3) is 0 Å². The van der Waals surface area contributed by atoms with E-state index in [0.717, 1.165) is 22.4 Å². The largest absolute Gasteiger partial charge is 0.508 e. The molecule has 0 radical (unpaired) electrons. The van der Waals surface area contributed by atoms with Gasteiger partial charge in [-0.15, -0.1) is 0 Å². The number of fused-ring (bicyclic) bond motifs is 3. The Morgan fingerprint density at radius 3 is 2.52 bits per heavy atom. The van der Waals surface area contributed by atoms with Gasteiger partial charge in [-0.2, -0.15) is 0 Å². The number of hydrogen-bond acceptors (Lipinski definition) is 4. The van der Waals surface area contributed by atoms with E-state index in [1.807, 2.05) is 19.1 Å². The lowest BCUT2D eigenvalue weighted by atomic mass is 9.79. The zero-order valence-corrected chi connectivity index (χ0v) is 12.8. The molecule has 1 heterocycles. The fraction of sp³-hybridized carbons (Fsp3) is 0.316. The van der Waals surface area contributed by atoms with Crippen molar-refractivity contribution >= 4 is 5.78 Å². The van der Waals surface area contributed by atoms with Crippen LogP contribution in [0.25, 0.3) is 0 Å². The molecular formula is C19H18O4. The molecule has 0 amide bonds. The second-order valence-corrected chi connectivity index (χ2v) is 6.53. The lowest BCUT2D eigenvalue weighted by Gasteiger charge is -2.36. The van der Waals surface area contributed by atoms with Crippen molar-refractivity contribution in [1.82, 2.24) is 0 Å². The first-order valence-electron chi connectivity index (χ1n) is 7.83. The summed E-state index contributed by atoms with van der Waals surface area (Å²) in [7, 11) is 0. The average molecular weight is 310 g/mol. The van der Waals surface area contributed by atoms with Gasteiger partial charge in [0.2, 0.25) is 0 Å². The van der Waals surface area contributed by atoms with Crippen LogP contribution in [-0.2, 0) is 4.79 Å². The summed E-state index contributed by atoms with van der Waals surface area (Å²) in [6.07, 6.45) is 0.783. The van der Waals surface area contributed by atoms with Gasteiger partial charge in [-0.25, -0.2) is 0 Å². The molecule has 1 aliphatic carbocycles. The van der Waals surface area contributed by atoms with Crippen molar-refractivity contribution in [2.75, 3.05) is 0 Å². The number of Topliss-reactive ketones (excluding diaryl/α,β-unsaturated/α-hetero) is 1. The number of carbonyl (C=O) groups excluding carboxylic acids is 1. The Bertz CT molecular complexity index is 779. The van der Waals surface area contributed by atoms with E-state index in [1.165, 1.54) is 0 Å². The predicted octanol–water partition coefficient (Wildman–Crippen LogP) is 3.60. The SMILES string of the molecule is Cc1cc(O)cc2c1O[C@H](c1ccc(O)cc1)[C@@H]1CC(=O)C[C@H]21. The fourth-order valence-corrected chi connectivity index (χ4v) is 3.96. The first-order valence-corrected chi connectivity index (χ1v) is 7.83. The lowest BCUT2D eigenvalue weighted by molar-refractivity contribution is -0.117. The molecule has 0 unspecified atom stereocenters. The van der Waals surface area contributed by atoms with Crippen molar-refractivity contribution < 1.29 is 19.7 Å². The third-order valence-electron chi connectivity index (χ3n) is 4.97. The van der Waals surface area contributed by atoms with Crippen LogP contribution in [0.4, 0.5) is 0 Å². The highest BCUT2D eigenvalue weighted by molar-refractivity contribution is 5.83. The Labute approximate surface area is 134 Å². The van der Waals surface area contributed by atoms with Crippen molar-refractivity contribution in [3.8, 4) is 17.2 Å². The zero-order chi connectivity index (χ0) is 16.1. The van der Waals surface area contributed by atoms with E-state index < -0.39 is 0 Å². The molecule has 2 aromatic carbocycles. The summed E-state index contributed by atoms with van der Waals surface area (Å²) in [5.74, 6) is 1.59. The van der Waals surface area contributed by atoms with Gasteiger partial charge in [0, 0.05) is 30.2 Å². The van der Waals surface area contributed by atoms with Crippen LogP contribution >= 0.6 is 0 Å². The average Bonchev–Trinajstić information content (AvgIpc) is 2.89. The van der Waals surface area contributed by atoms with E-state index in [-0.39, 0.29) is 35.2 Å². The number of phenols is 2. The molecule has 4 heteroatoms. The van der Waals surface area contributed by atoms with Gasteiger partial charge in [-0.05, 0) is 42.3 Å². The maximum Gasteiger partial charge on any atom is 0.133 e. The summed E-state index contributed by atoms with van der Waals surface area (Å²) in [4.78, 5) is 12.1. The molecule has 2 N–H and O–H groups in total. The topological polar surface area (TPSA) is 66.8 Å². The minimum absolute atomic E-state index is 0.0701. The van der Waals surface area contributed by atoms with E-state index in [0.29, 0.717) is 12.8 Å². The quantitative estimate of drug-likeness (QED) is 0.844. The second-order valence-electron chi connectivity index (χ2n) is 6.53. The highest BCUT2D eigenvalue weighted by Gasteiger charge is 2.45.